The zero-order valence-electron chi connectivity index (χ0n) is 60.3. The van der Waals surface area contributed by atoms with Crippen molar-refractivity contribution in [1.82, 2.24) is 64.9 Å². The van der Waals surface area contributed by atoms with Gasteiger partial charge in [-0.25, -0.2) is 0 Å². The van der Waals surface area contributed by atoms with Gasteiger partial charge >= 0.3 is 0 Å². The van der Waals surface area contributed by atoms with Crippen LogP contribution in [0.25, 0.3) is 0 Å². The molecule has 9 heterocycles. The Kier molecular flexibility index (Phi) is 51.0. The van der Waals surface area contributed by atoms with Gasteiger partial charge in [0.05, 0.1) is 72.2 Å². The van der Waals surface area contributed by atoms with Crippen LogP contribution in [0.15, 0.2) is 45.3 Å². The highest BCUT2D eigenvalue weighted by Crippen LogP contribution is 2.08. The van der Waals surface area contributed by atoms with E-state index < -0.39 is 0 Å². The minimum atomic E-state index is 0.611. The van der Waals surface area contributed by atoms with Crippen LogP contribution in [0.2, 0.25) is 0 Å². The molecule has 0 aromatic rings. The summed E-state index contributed by atoms with van der Waals surface area (Å²) in [5.41, 5.74) is 0. The number of aliphatic imine (C=N–C) groups is 7. The van der Waals surface area contributed by atoms with Crippen molar-refractivity contribution in [2.45, 2.75) is 135 Å². The van der Waals surface area contributed by atoms with Crippen LogP contribution >= 0.6 is 0 Å². The van der Waals surface area contributed by atoms with E-state index in [1.165, 1.54) is 81.5 Å². The van der Waals surface area contributed by atoms with Gasteiger partial charge in [0, 0.05) is 174 Å². The summed E-state index contributed by atoms with van der Waals surface area (Å²) in [7, 11) is 15.6. The van der Waals surface area contributed by atoms with Gasteiger partial charge in [0.1, 0.15) is 11.7 Å². The molecule has 9 aliphatic heterocycles. The molecule has 0 saturated carbocycles. The summed E-state index contributed by atoms with van der Waals surface area (Å²) < 4.78 is 0. The molecular formula is C63H132N24O2. The maximum atomic E-state index is 8.34. The fourth-order valence-corrected chi connectivity index (χ4v) is 8.73. The van der Waals surface area contributed by atoms with Gasteiger partial charge < -0.3 is 75.4 Å². The van der Waals surface area contributed by atoms with Crippen LogP contribution in [0.5, 0.6) is 0 Å². The zero-order chi connectivity index (χ0) is 67.5. The first-order valence-corrected chi connectivity index (χ1v) is 32.7. The van der Waals surface area contributed by atoms with E-state index in [1.54, 1.807) is 18.9 Å². The molecule has 26 nitrogen and oxygen atoms in total. The Morgan fingerprint density at radius 3 is 1.25 bits per heavy atom. The Morgan fingerprint density at radius 1 is 0.449 bits per heavy atom. The molecule has 0 radical (unpaired) electrons. The van der Waals surface area contributed by atoms with E-state index in [9.17, 15) is 0 Å². The van der Waals surface area contributed by atoms with Gasteiger partial charge in [-0.1, -0.05) is 10.3 Å². The quantitative estimate of drug-likeness (QED) is 0.0712. The van der Waals surface area contributed by atoms with Crippen LogP contribution in [0, 0.1) is 10.8 Å². The highest BCUT2D eigenvalue weighted by atomic mass is 16.4. The summed E-state index contributed by atoms with van der Waals surface area (Å²) in [6.07, 6.45) is 8.44. The number of oxime groups is 2. The Hall–Kier alpha value is -6.31. The first-order chi connectivity index (χ1) is 42.3. The van der Waals surface area contributed by atoms with Gasteiger partial charge in [-0.2, -0.15) is 0 Å². The minimum Gasteiger partial charge on any atom is -0.409 e. The first-order valence-electron chi connectivity index (χ1n) is 32.7. The number of rotatable bonds is 2. The highest BCUT2D eigenvalue weighted by molar-refractivity contribution is 5.83. The number of nitrogens with one attached hydrogen (secondary N) is 5. The molecule has 0 atom stereocenters. The molecule has 0 bridgehead atoms. The molecule has 7 N–H and O–H groups in total. The summed E-state index contributed by atoms with van der Waals surface area (Å²) in [5.74, 6) is 10.7. The van der Waals surface area contributed by atoms with Gasteiger partial charge in [0.15, 0.2) is 0 Å². The van der Waals surface area contributed by atoms with Gasteiger partial charge in [0.25, 0.3) is 0 Å². The maximum absolute atomic E-state index is 8.34. The van der Waals surface area contributed by atoms with Gasteiger partial charge in [-0.05, 0) is 155 Å². The van der Waals surface area contributed by atoms with E-state index >= 15 is 0 Å². The largest absolute Gasteiger partial charge is 0.409 e. The lowest BCUT2D eigenvalue weighted by Crippen LogP contribution is -2.33. The molecule has 0 aromatic carbocycles. The van der Waals surface area contributed by atoms with Crippen LogP contribution in [-0.4, -0.2) is 337 Å². The molecular weight excluding hydrogens is 1120 g/mol. The molecule has 3 fully saturated rings. The number of hydrogen-bond acceptors (Lipinski definition) is 21. The summed E-state index contributed by atoms with van der Waals surface area (Å²) in [6.45, 7) is 51.4. The van der Waals surface area contributed by atoms with E-state index in [0.29, 0.717) is 17.5 Å². The van der Waals surface area contributed by atoms with Gasteiger partial charge in [-0.15, -0.1) is 0 Å². The molecule has 0 aromatic heterocycles. The van der Waals surface area contributed by atoms with Crippen molar-refractivity contribution in [2.75, 3.05) is 213 Å². The standard InChI is InChI=1S/C8H17N3.C7H15N3.C7H14N2.C6H12N2O.2C6H12N2.2C5H10N2.C5H12N2.C4H10N2O.C4H8N2/c1-8(9)11-5-3-4-10(2)6-7-11;1-7(8)10-5-2-3-9-4-6-10;1-3-9-6-4-5-8-7(9)2;1-6(7-9)8-4-2-3-5-8;1-6-7-4-3-5-8(6)2;1-3-8-5-4-7-6(8)2;1-5-6-3-4-7(5)2;1-5-6-3-2-4-7-5;1-5(6-2)7(3)4;1-4(5-7)6(2)3;1-4-5-2-3-6-4/h9H,3-7H2,1-2H3;8-9H,2-6H2,1H3;3-6H2,1-2H3;9H,2-5H2,1H3;2*3-5H2,1-2H3;3-4H2,1-2H3;2-4H2,1H3,(H,6,7);1-4H3;7H,1-3H3;2-3H2,1H3,(H,5,6)/b;;;7-6+;;;;;;5-4+;. The number of amidine groups is 11. The predicted molar refractivity (Wildman–Crippen MR) is 384 cm³/mol. The molecule has 9 aliphatic rings. The highest BCUT2D eigenvalue weighted by Gasteiger charge is 2.14. The number of nitrogens with zero attached hydrogens (tertiary/aromatic N) is 19. The summed E-state index contributed by atoms with van der Waals surface area (Å²) in [5, 5.41) is 46.8. The third-order valence-corrected chi connectivity index (χ3v) is 15.6. The van der Waals surface area contributed by atoms with Crippen molar-refractivity contribution in [2.24, 2.45) is 45.3 Å². The lowest BCUT2D eigenvalue weighted by atomic mass is 10.3. The molecule has 0 amide bonds. The number of hydrogen-bond donors (Lipinski definition) is 7. The minimum absolute atomic E-state index is 0.611. The van der Waals surface area contributed by atoms with Crippen LogP contribution in [0.4, 0.5) is 0 Å². The van der Waals surface area contributed by atoms with E-state index in [4.69, 9.17) is 21.2 Å². The normalized spacial score (nSPS) is 19.0. The Morgan fingerprint density at radius 2 is 0.921 bits per heavy atom. The van der Waals surface area contributed by atoms with Crippen LogP contribution < -0.4 is 16.0 Å². The molecule has 0 aliphatic carbocycles. The average Bonchev–Trinajstić information content (AvgIpc) is 4.56. The SMILES string of the molecule is C/C(=N\O)N(C)C.C/C(=N\O)N1CCCC1.CC(=N)N1CCCN(C)CC1.CC(=N)N1CCCNCC1.CC1=NCCCN1.CC1=NCCCN1C.CC1=NCCN1.CC1=NCCN1C.CCN1CCCN=C1C.CCN1CCN=C1C.CN=C(C)N(C)C. The molecule has 3 saturated heterocycles. The zero-order valence-corrected chi connectivity index (χ0v) is 60.3. The lowest BCUT2D eigenvalue weighted by Gasteiger charge is -2.25. The van der Waals surface area contributed by atoms with Crippen molar-refractivity contribution >= 4 is 64.2 Å². The molecule has 89 heavy (non-hydrogen) atoms. The summed E-state index contributed by atoms with van der Waals surface area (Å²) in [6, 6.07) is 0. The third-order valence-electron chi connectivity index (χ3n) is 15.6. The summed E-state index contributed by atoms with van der Waals surface area (Å²) >= 11 is 0. The maximum Gasteiger partial charge on any atom is 0.141 e. The van der Waals surface area contributed by atoms with Gasteiger partial charge in [-0.3, -0.25) is 45.8 Å². The van der Waals surface area contributed by atoms with E-state index in [2.05, 4.69) is 156 Å². The summed E-state index contributed by atoms with van der Waals surface area (Å²) in [4.78, 5) is 50.4. The number of likely N-dealkylation sites (tertiary alicyclic amines) is 1. The van der Waals surface area contributed by atoms with E-state index in [0.717, 1.165) is 167 Å². The monoisotopic (exact) mass is 1260 g/mol. The Bertz CT molecular complexity index is 2120. The van der Waals surface area contributed by atoms with E-state index in [1.807, 2.05) is 81.6 Å². The predicted octanol–water partition coefficient (Wildman–Crippen LogP) is 6.11. The van der Waals surface area contributed by atoms with Crippen molar-refractivity contribution in [3.63, 3.8) is 0 Å². The second-order valence-electron chi connectivity index (χ2n) is 23.0. The van der Waals surface area contributed by atoms with Gasteiger partial charge in [0.2, 0.25) is 0 Å². The van der Waals surface area contributed by atoms with Crippen molar-refractivity contribution < 1.29 is 10.4 Å². The van der Waals surface area contributed by atoms with Crippen LogP contribution in [0.3, 0.4) is 0 Å². The van der Waals surface area contributed by atoms with Crippen molar-refractivity contribution in [1.29, 1.82) is 10.8 Å². The second kappa shape index (κ2) is 53.5. The number of likely N-dealkylation sites (N-methyl/N-ethyl adjacent to an activating group) is 3. The molecule has 26 heteroatoms. The fourth-order valence-electron chi connectivity index (χ4n) is 8.73. The molecule has 9 rings (SSSR count). The van der Waals surface area contributed by atoms with Crippen LogP contribution in [0.1, 0.15) is 135 Å². The van der Waals surface area contributed by atoms with Crippen molar-refractivity contribution in [3.05, 3.63) is 0 Å². The third kappa shape index (κ3) is 44.7. The first kappa shape index (κ1) is 84.8. The topological polar surface area (TPSA) is 268 Å². The van der Waals surface area contributed by atoms with Crippen LogP contribution in [-0.2, 0) is 0 Å². The molecule has 0 spiro atoms. The molecule has 0 unspecified atom stereocenters. The van der Waals surface area contributed by atoms with Crippen molar-refractivity contribution in [3.8, 4) is 0 Å². The molecule has 516 valence electrons. The average molecular weight is 1260 g/mol. The smallest absolute Gasteiger partial charge is 0.141 e. The Labute approximate surface area is 542 Å². The fraction of sp³-hybridized carbons (Fsp3) is 0.825. The Balaban J connectivity index is 0. The van der Waals surface area contributed by atoms with E-state index in [-0.39, 0.29) is 0 Å². The lowest BCUT2D eigenvalue weighted by molar-refractivity contribution is 0.305. The second-order valence-corrected chi connectivity index (χ2v) is 23.0.